The minimum absolute atomic E-state index is 0.475. The van der Waals surface area contributed by atoms with Crippen molar-refractivity contribution in [2.24, 2.45) is 17.6 Å². The van der Waals surface area contributed by atoms with Gasteiger partial charge in [0, 0.05) is 6.04 Å². The molecule has 2 fully saturated rings. The third kappa shape index (κ3) is 0.807. The van der Waals surface area contributed by atoms with Crippen molar-refractivity contribution in [3.8, 4) is 0 Å². The van der Waals surface area contributed by atoms with Crippen molar-refractivity contribution < 1.29 is 0 Å². The van der Waals surface area contributed by atoms with Gasteiger partial charge >= 0.3 is 0 Å². The first kappa shape index (κ1) is 6.41. The third-order valence-corrected chi connectivity index (χ3v) is 3.09. The third-order valence-electron chi connectivity index (χ3n) is 3.09. The summed E-state index contributed by atoms with van der Waals surface area (Å²) < 4.78 is 0. The van der Waals surface area contributed by atoms with Crippen molar-refractivity contribution in [3.63, 3.8) is 0 Å². The number of allylic oxidation sites excluding steroid dienone is 1. The zero-order valence-corrected chi connectivity index (χ0v) is 6.34. The van der Waals surface area contributed by atoms with Crippen LogP contribution in [0.15, 0.2) is 12.2 Å². The zero-order chi connectivity index (χ0) is 7.14. The molecule has 10 heavy (non-hydrogen) atoms. The molecule has 2 bridgehead atoms. The Balaban J connectivity index is 2.16. The topological polar surface area (TPSA) is 26.0 Å². The second-order valence-electron chi connectivity index (χ2n) is 3.78. The quantitative estimate of drug-likeness (QED) is 0.505. The Kier molecular flexibility index (Phi) is 1.34. The first-order valence-electron chi connectivity index (χ1n) is 4.21. The summed E-state index contributed by atoms with van der Waals surface area (Å²) in [5.74, 6) is 1.57. The van der Waals surface area contributed by atoms with E-state index < -0.39 is 0 Å². The second-order valence-corrected chi connectivity index (χ2v) is 3.78. The van der Waals surface area contributed by atoms with Gasteiger partial charge in [-0.3, -0.25) is 0 Å². The molecule has 0 heterocycles. The average molecular weight is 137 g/mol. The van der Waals surface area contributed by atoms with E-state index in [1.165, 1.54) is 31.3 Å². The smallest absolute Gasteiger partial charge is 0.00502 e. The van der Waals surface area contributed by atoms with E-state index in [-0.39, 0.29) is 0 Å². The number of hydrogen-bond acceptors (Lipinski definition) is 1. The van der Waals surface area contributed by atoms with E-state index in [0.29, 0.717) is 6.04 Å². The molecule has 1 nitrogen and oxygen atoms in total. The van der Waals surface area contributed by atoms with Crippen LogP contribution in [0.2, 0.25) is 0 Å². The molecule has 2 aliphatic rings. The summed E-state index contributed by atoms with van der Waals surface area (Å²) in [6.45, 7) is 4.12. The number of nitrogens with two attached hydrogens (primary N) is 1. The molecule has 0 aromatic rings. The van der Waals surface area contributed by atoms with Crippen LogP contribution in [-0.2, 0) is 0 Å². The van der Waals surface area contributed by atoms with Crippen LogP contribution in [-0.4, -0.2) is 6.04 Å². The van der Waals surface area contributed by atoms with Crippen molar-refractivity contribution in [2.45, 2.75) is 31.7 Å². The Morgan fingerprint density at radius 2 is 1.70 bits per heavy atom. The number of rotatable bonds is 0. The van der Waals surface area contributed by atoms with Crippen LogP contribution in [0.3, 0.4) is 0 Å². The summed E-state index contributed by atoms with van der Waals surface area (Å²) in [6, 6.07) is 0.475. The van der Waals surface area contributed by atoms with E-state index in [1.807, 2.05) is 0 Å². The summed E-state index contributed by atoms with van der Waals surface area (Å²) in [6.07, 6.45) is 5.12. The van der Waals surface area contributed by atoms with Gasteiger partial charge in [0.05, 0.1) is 0 Å². The maximum absolute atomic E-state index is 5.88. The highest BCUT2D eigenvalue weighted by Crippen LogP contribution is 2.44. The van der Waals surface area contributed by atoms with Crippen molar-refractivity contribution in [3.05, 3.63) is 12.2 Å². The summed E-state index contributed by atoms with van der Waals surface area (Å²) >= 11 is 0. The van der Waals surface area contributed by atoms with Crippen molar-refractivity contribution in [2.75, 3.05) is 0 Å². The lowest BCUT2D eigenvalue weighted by atomic mass is 9.82. The van der Waals surface area contributed by atoms with Gasteiger partial charge < -0.3 is 5.73 Å². The lowest BCUT2D eigenvalue weighted by molar-refractivity contribution is 0.408. The molecule has 0 aliphatic heterocycles. The van der Waals surface area contributed by atoms with Crippen LogP contribution >= 0.6 is 0 Å². The lowest BCUT2D eigenvalue weighted by Gasteiger charge is -2.26. The lowest BCUT2D eigenvalue weighted by Crippen LogP contribution is -2.29. The predicted octanol–water partition coefficient (Wildman–Crippen LogP) is 1.69. The Labute approximate surface area is 62.3 Å². The van der Waals surface area contributed by atoms with E-state index in [0.717, 1.165) is 11.8 Å². The normalized spacial score (nSPS) is 46.1. The first-order chi connectivity index (χ1) is 4.77. The molecular weight excluding hydrogens is 122 g/mol. The van der Waals surface area contributed by atoms with Crippen LogP contribution in [0.4, 0.5) is 0 Å². The maximum Gasteiger partial charge on any atom is 0.00502 e. The largest absolute Gasteiger partial charge is 0.328 e. The van der Waals surface area contributed by atoms with E-state index in [1.54, 1.807) is 0 Å². The summed E-state index contributed by atoms with van der Waals surface area (Å²) in [5, 5.41) is 0. The van der Waals surface area contributed by atoms with E-state index in [9.17, 15) is 0 Å². The van der Waals surface area contributed by atoms with E-state index >= 15 is 0 Å². The summed E-state index contributed by atoms with van der Waals surface area (Å²) in [4.78, 5) is 0. The molecule has 0 aromatic carbocycles. The Morgan fingerprint density at radius 1 is 1.20 bits per heavy atom. The minimum Gasteiger partial charge on any atom is -0.328 e. The molecular formula is C9H15N. The minimum atomic E-state index is 0.475. The highest BCUT2D eigenvalue weighted by molar-refractivity contribution is 5.15. The first-order valence-corrected chi connectivity index (χ1v) is 4.21. The van der Waals surface area contributed by atoms with Crippen LogP contribution in [0.1, 0.15) is 25.7 Å². The molecule has 2 rings (SSSR count). The fourth-order valence-electron chi connectivity index (χ4n) is 2.47. The molecule has 0 saturated heterocycles. The molecule has 2 saturated carbocycles. The SMILES string of the molecule is C=C1C2CCC1CC(N)C2. The maximum atomic E-state index is 5.88. The Hall–Kier alpha value is -0.300. The van der Waals surface area contributed by atoms with Crippen LogP contribution in [0.5, 0.6) is 0 Å². The van der Waals surface area contributed by atoms with Gasteiger partial charge in [-0.25, -0.2) is 0 Å². The van der Waals surface area contributed by atoms with Gasteiger partial charge in [-0.1, -0.05) is 12.2 Å². The molecule has 2 atom stereocenters. The Morgan fingerprint density at radius 3 is 2.20 bits per heavy atom. The van der Waals surface area contributed by atoms with Gasteiger partial charge in [-0.05, 0) is 37.5 Å². The molecule has 0 aromatic heterocycles. The number of fused-ring (bicyclic) bond motifs is 2. The fourth-order valence-corrected chi connectivity index (χ4v) is 2.47. The number of hydrogen-bond donors (Lipinski definition) is 1. The summed E-state index contributed by atoms with van der Waals surface area (Å²) in [5.41, 5.74) is 7.38. The van der Waals surface area contributed by atoms with Crippen LogP contribution < -0.4 is 5.73 Å². The van der Waals surface area contributed by atoms with Crippen LogP contribution in [0, 0.1) is 11.8 Å². The van der Waals surface area contributed by atoms with Crippen LogP contribution in [0.25, 0.3) is 0 Å². The molecule has 2 aliphatic carbocycles. The van der Waals surface area contributed by atoms with E-state index in [2.05, 4.69) is 6.58 Å². The molecule has 0 amide bonds. The zero-order valence-electron chi connectivity index (χ0n) is 6.34. The van der Waals surface area contributed by atoms with Crippen molar-refractivity contribution in [1.29, 1.82) is 0 Å². The predicted molar refractivity (Wildman–Crippen MR) is 42.6 cm³/mol. The highest BCUT2D eigenvalue weighted by atomic mass is 14.7. The molecule has 56 valence electrons. The Bertz CT molecular complexity index is 146. The molecule has 2 unspecified atom stereocenters. The van der Waals surface area contributed by atoms with Gasteiger partial charge in [0.25, 0.3) is 0 Å². The van der Waals surface area contributed by atoms with Gasteiger partial charge in [-0.15, -0.1) is 0 Å². The van der Waals surface area contributed by atoms with Gasteiger partial charge in [-0.2, -0.15) is 0 Å². The van der Waals surface area contributed by atoms with Gasteiger partial charge in [0.15, 0.2) is 0 Å². The van der Waals surface area contributed by atoms with Gasteiger partial charge in [0.2, 0.25) is 0 Å². The molecule has 0 spiro atoms. The fraction of sp³-hybridized carbons (Fsp3) is 0.778. The standard InChI is InChI=1S/C9H15N/c1-6-7-2-3-8(6)5-9(10)4-7/h7-9H,1-5,10H2. The molecule has 1 heteroatoms. The summed E-state index contributed by atoms with van der Waals surface area (Å²) in [7, 11) is 0. The monoisotopic (exact) mass is 137 g/mol. The highest BCUT2D eigenvalue weighted by Gasteiger charge is 2.35. The molecule has 0 radical (unpaired) electrons. The van der Waals surface area contributed by atoms with Crippen molar-refractivity contribution >= 4 is 0 Å². The van der Waals surface area contributed by atoms with Crippen molar-refractivity contribution in [1.82, 2.24) is 0 Å². The second kappa shape index (κ2) is 2.09. The molecule has 2 N–H and O–H groups in total. The average Bonchev–Trinajstić information content (AvgIpc) is 2.20. The van der Waals surface area contributed by atoms with E-state index in [4.69, 9.17) is 5.73 Å². The van der Waals surface area contributed by atoms with Gasteiger partial charge in [0.1, 0.15) is 0 Å².